The number of amides is 2. The summed E-state index contributed by atoms with van der Waals surface area (Å²) in [7, 11) is 0. The molecule has 31 heavy (non-hydrogen) atoms. The van der Waals surface area contributed by atoms with Crippen LogP contribution in [0.15, 0.2) is 36.4 Å². The molecule has 2 amide bonds. The molecule has 0 aromatic heterocycles. The summed E-state index contributed by atoms with van der Waals surface area (Å²) in [6, 6.07) is 10.1. The minimum atomic E-state index is -0.318. The highest BCUT2D eigenvalue weighted by atomic mass is 35.5. The second-order valence-corrected chi connectivity index (χ2v) is 7.86. The molecule has 1 aliphatic heterocycles. The van der Waals surface area contributed by atoms with Crippen molar-refractivity contribution in [1.82, 2.24) is 4.90 Å². The van der Waals surface area contributed by atoms with Crippen LogP contribution in [-0.2, 0) is 0 Å². The fourth-order valence-electron chi connectivity index (χ4n) is 3.42. The van der Waals surface area contributed by atoms with Crippen LogP contribution in [0.2, 0.25) is 5.02 Å². The van der Waals surface area contributed by atoms with E-state index in [0.717, 1.165) is 38.8 Å². The Morgan fingerprint density at radius 1 is 1.03 bits per heavy atom. The van der Waals surface area contributed by atoms with Gasteiger partial charge in [-0.2, -0.15) is 0 Å². The Labute approximate surface area is 188 Å². The molecule has 1 N–H and O–H groups in total. The van der Waals surface area contributed by atoms with E-state index in [2.05, 4.69) is 12.2 Å². The summed E-state index contributed by atoms with van der Waals surface area (Å²) >= 11 is 6.39. The lowest BCUT2D eigenvalue weighted by molar-refractivity contribution is 0.0792. The zero-order valence-corrected chi connectivity index (χ0v) is 18.8. The first-order valence-electron chi connectivity index (χ1n) is 10.8. The maximum atomic E-state index is 12.8. The first-order valence-corrected chi connectivity index (χ1v) is 11.2. The molecule has 3 rings (SSSR count). The molecule has 2 aromatic rings. The van der Waals surface area contributed by atoms with Gasteiger partial charge in [0, 0.05) is 29.9 Å². The van der Waals surface area contributed by atoms with Gasteiger partial charge >= 0.3 is 0 Å². The Balaban J connectivity index is 1.71. The molecule has 6 nitrogen and oxygen atoms in total. The van der Waals surface area contributed by atoms with E-state index in [0.29, 0.717) is 46.5 Å². The number of unbranched alkanes of at least 4 members (excludes halogenated alkanes) is 1. The Hall–Kier alpha value is -2.73. The number of carbonyl (C=O) groups is 2. The SMILES string of the molecule is CCCCOc1c(Cl)cc(C(=O)Nc2ccc(C(=O)N3CCCC3)cc2)cc1OCC. The first-order chi connectivity index (χ1) is 15.0. The van der Waals surface area contributed by atoms with Gasteiger partial charge in [0.15, 0.2) is 11.5 Å². The molecule has 1 saturated heterocycles. The summed E-state index contributed by atoms with van der Waals surface area (Å²) in [5.74, 6) is 0.616. The van der Waals surface area contributed by atoms with Crippen molar-refractivity contribution in [2.24, 2.45) is 0 Å². The summed E-state index contributed by atoms with van der Waals surface area (Å²) in [5.41, 5.74) is 1.59. The van der Waals surface area contributed by atoms with Crippen LogP contribution in [-0.4, -0.2) is 43.0 Å². The summed E-state index contributed by atoms with van der Waals surface area (Å²) < 4.78 is 11.4. The number of halogens is 1. The van der Waals surface area contributed by atoms with Crippen molar-refractivity contribution in [3.05, 3.63) is 52.5 Å². The van der Waals surface area contributed by atoms with E-state index in [4.69, 9.17) is 21.1 Å². The number of hydrogen-bond acceptors (Lipinski definition) is 4. The minimum Gasteiger partial charge on any atom is -0.490 e. The number of ether oxygens (including phenoxy) is 2. The van der Waals surface area contributed by atoms with E-state index >= 15 is 0 Å². The number of hydrogen-bond donors (Lipinski definition) is 1. The molecule has 1 aliphatic rings. The Morgan fingerprint density at radius 3 is 2.39 bits per heavy atom. The molecule has 1 fully saturated rings. The number of rotatable bonds is 9. The van der Waals surface area contributed by atoms with Crippen LogP contribution in [0.4, 0.5) is 5.69 Å². The van der Waals surface area contributed by atoms with Crippen molar-refractivity contribution in [2.45, 2.75) is 39.5 Å². The average molecular weight is 445 g/mol. The lowest BCUT2D eigenvalue weighted by Gasteiger charge is -2.16. The maximum absolute atomic E-state index is 12.8. The van der Waals surface area contributed by atoms with Gasteiger partial charge in [-0.05, 0) is 62.6 Å². The lowest BCUT2D eigenvalue weighted by Crippen LogP contribution is -2.27. The van der Waals surface area contributed by atoms with E-state index in [1.807, 2.05) is 11.8 Å². The molecule has 1 heterocycles. The van der Waals surface area contributed by atoms with Crippen LogP contribution in [0.1, 0.15) is 60.2 Å². The van der Waals surface area contributed by atoms with E-state index in [1.54, 1.807) is 36.4 Å². The highest BCUT2D eigenvalue weighted by Crippen LogP contribution is 2.37. The normalized spacial score (nSPS) is 13.2. The predicted molar refractivity (Wildman–Crippen MR) is 123 cm³/mol. The van der Waals surface area contributed by atoms with Crippen LogP contribution >= 0.6 is 11.6 Å². The Morgan fingerprint density at radius 2 is 1.74 bits per heavy atom. The molecule has 7 heteroatoms. The Bertz CT molecular complexity index is 909. The van der Waals surface area contributed by atoms with Gasteiger partial charge in [-0.3, -0.25) is 9.59 Å². The van der Waals surface area contributed by atoms with Crippen molar-refractivity contribution < 1.29 is 19.1 Å². The van der Waals surface area contributed by atoms with Crippen LogP contribution in [0.25, 0.3) is 0 Å². The average Bonchev–Trinajstić information content (AvgIpc) is 3.30. The molecule has 0 atom stereocenters. The fourth-order valence-corrected chi connectivity index (χ4v) is 3.69. The monoisotopic (exact) mass is 444 g/mol. The summed E-state index contributed by atoms with van der Waals surface area (Å²) in [6.07, 6.45) is 4.01. The molecular weight excluding hydrogens is 416 g/mol. The molecule has 166 valence electrons. The largest absolute Gasteiger partial charge is 0.490 e. The van der Waals surface area contributed by atoms with E-state index in [-0.39, 0.29) is 11.8 Å². The molecule has 0 aliphatic carbocycles. The van der Waals surface area contributed by atoms with Crippen molar-refractivity contribution in [3.8, 4) is 11.5 Å². The van der Waals surface area contributed by atoms with Gasteiger partial charge < -0.3 is 19.7 Å². The van der Waals surface area contributed by atoms with Gasteiger partial charge in [0.2, 0.25) is 0 Å². The number of carbonyl (C=O) groups excluding carboxylic acids is 2. The van der Waals surface area contributed by atoms with Crippen molar-refractivity contribution in [1.29, 1.82) is 0 Å². The fraction of sp³-hybridized carbons (Fsp3) is 0.417. The third-order valence-corrected chi connectivity index (χ3v) is 5.38. The smallest absolute Gasteiger partial charge is 0.255 e. The summed E-state index contributed by atoms with van der Waals surface area (Å²) in [5, 5.41) is 3.18. The van der Waals surface area contributed by atoms with Crippen LogP contribution in [0.3, 0.4) is 0 Å². The van der Waals surface area contributed by atoms with Gasteiger partial charge in [-0.15, -0.1) is 0 Å². The van der Waals surface area contributed by atoms with Crippen LogP contribution < -0.4 is 14.8 Å². The minimum absolute atomic E-state index is 0.0298. The topological polar surface area (TPSA) is 67.9 Å². The number of nitrogens with zero attached hydrogens (tertiary/aromatic N) is 1. The van der Waals surface area contributed by atoms with Gasteiger partial charge in [0.05, 0.1) is 18.2 Å². The molecule has 2 aromatic carbocycles. The zero-order valence-electron chi connectivity index (χ0n) is 18.1. The highest BCUT2D eigenvalue weighted by molar-refractivity contribution is 6.32. The predicted octanol–water partition coefficient (Wildman–Crippen LogP) is 5.41. The third kappa shape index (κ3) is 5.91. The van der Waals surface area contributed by atoms with E-state index in [1.165, 1.54) is 0 Å². The van der Waals surface area contributed by atoms with Gasteiger partial charge in [0.1, 0.15) is 0 Å². The second-order valence-electron chi connectivity index (χ2n) is 7.45. The summed E-state index contributed by atoms with van der Waals surface area (Å²) in [6.45, 7) is 6.51. The number of benzene rings is 2. The lowest BCUT2D eigenvalue weighted by atomic mass is 10.1. The summed E-state index contributed by atoms with van der Waals surface area (Å²) in [4.78, 5) is 27.1. The molecule has 0 bridgehead atoms. The van der Waals surface area contributed by atoms with Gasteiger partial charge in [0.25, 0.3) is 11.8 Å². The third-order valence-electron chi connectivity index (χ3n) is 5.10. The van der Waals surface area contributed by atoms with Crippen LogP contribution in [0, 0.1) is 0 Å². The molecule has 0 spiro atoms. The number of anilines is 1. The van der Waals surface area contributed by atoms with Gasteiger partial charge in [-0.25, -0.2) is 0 Å². The number of likely N-dealkylation sites (tertiary alicyclic amines) is 1. The Kier molecular flexibility index (Phi) is 8.18. The van der Waals surface area contributed by atoms with Gasteiger partial charge in [-0.1, -0.05) is 24.9 Å². The maximum Gasteiger partial charge on any atom is 0.255 e. The van der Waals surface area contributed by atoms with Crippen molar-refractivity contribution in [3.63, 3.8) is 0 Å². The van der Waals surface area contributed by atoms with E-state index in [9.17, 15) is 9.59 Å². The molecule has 0 radical (unpaired) electrons. The zero-order chi connectivity index (χ0) is 22.2. The standard InChI is InChI=1S/C24H29ClN2O4/c1-3-5-14-31-22-20(25)15-18(16-21(22)30-4-2)23(28)26-19-10-8-17(9-11-19)24(29)27-12-6-7-13-27/h8-11,15-16H,3-7,12-14H2,1-2H3,(H,26,28). The number of nitrogens with one attached hydrogen (secondary N) is 1. The molecule has 0 unspecified atom stereocenters. The molecular formula is C24H29ClN2O4. The van der Waals surface area contributed by atoms with Crippen molar-refractivity contribution in [2.75, 3.05) is 31.6 Å². The molecule has 0 saturated carbocycles. The van der Waals surface area contributed by atoms with E-state index < -0.39 is 0 Å². The van der Waals surface area contributed by atoms with Crippen LogP contribution in [0.5, 0.6) is 11.5 Å². The highest BCUT2D eigenvalue weighted by Gasteiger charge is 2.20. The first kappa shape index (κ1) is 22.9. The quantitative estimate of drug-likeness (QED) is 0.525. The second kappa shape index (κ2) is 11.0. The van der Waals surface area contributed by atoms with Crippen molar-refractivity contribution >= 4 is 29.1 Å².